The van der Waals surface area contributed by atoms with Gasteiger partial charge in [0.15, 0.2) is 0 Å². The van der Waals surface area contributed by atoms with Crippen molar-refractivity contribution < 1.29 is 14.3 Å². The molecule has 4 heteroatoms. The molecule has 1 aromatic rings. The molecule has 1 aromatic carbocycles. The number of benzene rings is 1. The van der Waals surface area contributed by atoms with E-state index in [-0.39, 0.29) is 0 Å². The van der Waals surface area contributed by atoms with Gasteiger partial charge in [-0.25, -0.2) is 4.79 Å². The second kappa shape index (κ2) is 5.10. The van der Waals surface area contributed by atoms with Crippen LogP contribution in [0.5, 0.6) is 0 Å². The fourth-order valence-corrected chi connectivity index (χ4v) is 1.30. The van der Waals surface area contributed by atoms with Crippen LogP contribution in [0.1, 0.15) is 37.9 Å². The number of rotatable bonds is 3. The summed E-state index contributed by atoms with van der Waals surface area (Å²) in [6.45, 7) is 5.31. The predicted octanol–water partition coefficient (Wildman–Crippen LogP) is 1.49. The molecule has 0 bridgehead atoms. The number of carbonyl (C=O) groups excluding carboxylic acids is 2. The molecule has 0 aliphatic carbocycles. The topological polar surface area (TPSA) is 69.4 Å². The molecule has 1 atom stereocenters. The molecule has 2 N–H and O–H groups in total. The normalized spacial score (nSPS) is 12.9. The summed E-state index contributed by atoms with van der Waals surface area (Å²) in [5, 5.41) is 0. The van der Waals surface area contributed by atoms with Gasteiger partial charge in [-0.2, -0.15) is 0 Å². The smallest absolute Gasteiger partial charge is 0.328 e. The van der Waals surface area contributed by atoms with E-state index in [1.165, 1.54) is 6.07 Å². The highest BCUT2D eigenvalue weighted by molar-refractivity contribution is 5.80. The van der Waals surface area contributed by atoms with Crippen molar-refractivity contribution in [2.45, 2.75) is 32.4 Å². The highest BCUT2D eigenvalue weighted by Crippen LogP contribution is 2.17. The first kappa shape index (κ1) is 13.4. The highest BCUT2D eigenvalue weighted by Gasteiger charge is 2.23. The third kappa shape index (κ3) is 4.00. The summed E-state index contributed by atoms with van der Waals surface area (Å²) in [6, 6.07) is 5.57. The van der Waals surface area contributed by atoms with E-state index >= 15 is 0 Å². The molecule has 0 fully saturated rings. The van der Waals surface area contributed by atoms with Crippen molar-refractivity contribution in [2.75, 3.05) is 0 Å². The number of hydrogen-bond acceptors (Lipinski definition) is 4. The standard InChI is InChI=1S/C13H16NO3/c1-13(2,3)17-12(16)11(14)10-6-4-5-9(7-10)8-15/h4-7,11H,14H2,1-3H3. The monoisotopic (exact) mass is 234 g/mol. The Bertz CT molecular complexity index is 421. The molecule has 0 heterocycles. The third-order valence-electron chi connectivity index (χ3n) is 2.02. The lowest BCUT2D eigenvalue weighted by Crippen LogP contribution is -2.31. The Morgan fingerprint density at radius 3 is 2.59 bits per heavy atom. The zero-order valence-electron chi connectivity index (χ0n) is 10.2. The van der Waals surface area contributed by atoms with Gasteiger partial charge in [-0.3, -0.25) is 4.79 Å². The van der Waals surface area contributed by atoms with Crippen LogP contribution in [0.3, 0.4) is 0 Å². The fourth-order valence-electron chi connectivity index (χ4n) is 1.30. The molecule has 0 saturated carbocycles. The van der Waals surface area contributed by atoms with Crippen LogP contribution in [-0.2, 0) is 14.3 Å². The molecule has 0 aliphatic heterocycles. The largest absolute Gasteiger partial charge is 0.459 e. The first-order chi connectivity index (χ1) is 7.83. The van der Waals surface area contributed by atoms with E-state index < -0.39 is 17.6 Å². The lowest BCUT2D eigenvalue weighted by Gasteiger charge is -2.22. The summed E-state index contributed by atoms with van der Waals surface area (Å²) in [7, 11) is 0. The molecule has 1 unspecified atom stereocenters. The minimum Gasteiger partial charge on any atom is -0.459 e. The molecule has 91 valence electrons. The van der Waals surface area contributed by atoms with E-state index in [4.69, 9.17) is 10.5 Å². The molecular formula is C13H16NO3. The SMILES string of the molecule is CC(C)(C)OC(=O)C(N)c1cccc([C]=O)c1. The van der Waals surface area contributed by atoms with Crippen LogP contribution >= 0.6 is 0 Å². The number of hydrogen-bond donors (Lipinski definition) is 1. The molecule has 1 rings (SSSR count). The van der Waals surface area contributed by atoms with Crippen molar-refractivity contribution in [1.29, 1.82) is 0 Å². The predicted molar refractivity (Wildman–Crippen MR) is 64.0 cm³/mol. The molecule has 0 saturated heterocycles. The minimum atomic E-state index is -0.887. The number of esters is 1. The van der Waals surface area contributed by atoms with Crippen molar-refractivity contribution in [3.8, 4) is 0 Å². The van der Waals surface area contributed by atoms with Gasteiger partial charge in [0.1, 0.15) is 11.6 Å². The Kier molecular flexibility index (Phi) is 4.02. The first-order valence-electron chi connectivity index (χ1n) is 5.30. The van der Waals surface area contributed by atoms with E-state index in [2.05, 4.69) is 0 Å². The average molecular weight is 234 g/mol. The van der Waals surface area contributed by atoms with E-state index in [1.807, 2.05) is 0 Å². The molecule has 0 aromatic heterocycles. The lowest BCUT2D eigenvalue weighted by atomic mass is 10.0. The van der Waals surface area contributed by atoms with Crippen molar-refractivity contribution >= 4 is 12.3 Å². The summed E-state index contributed by atoms with van der Waals surface area (Å²) in [5.74, 6) is -0.513. The zero-order valence-corrected chi connectivity index (χ0v) is 10.2. The summed E-state index contributed by atoms with van der Waals surface area (Å²) in [6.07, 6.45) is 1.75. The first-order valence-corrected chi connectivity index (χ1v) is 5.30. The van der Waals surface area contributed by atoms with Crippen LogP contribution < -0.4 is 5.73 Å². The summed E-state index contributed by atoms with van der Waals surface area (Å²) in [5.41, 5.74) is 6.09. The van der Waals surface area contributed by atoms with Gasteiger partial charge in [-0.15, -0.1) is 0 Å². The van der Waals surface area contributed by atoms with E-state index in [1.54, 1.807) is 45.3 Å². The average Bonchev–Trinajstić information content (AvgIpc) is 2.26. The molecule has 0 aliphatic rings. The highest BCUT2D eigenvalue weighted by atomic mass is 16.6. The van der Waals surface area contributed by atoms with Crippen LogP contribution in [0.25, 0.3) is 0 Å². The van der Waals surface area contributed by atoms with Crippen molar-refractivity contribution in [1.82, 2.24) is 0 Å². The van der Waals surface area contributed by atoms with Gasteiger partial charge in [0.2, 0.25) is 6.29 Å². The molecule has 0 amide bonds. The van der Waals surface area contributed by atoms with Crippen molar-refractivity contribution in [2.24, 2.45) is 5.73 Å². The third-order valence-corrected chi connectivity index (χ3v) is 2.02. The fraction of sp³-hybridized carbons (Fsp3) is 0.385. The maximum Gasteiger partial charge on any atom is 0.328 e. The number of nitrogens with two attached hydrogens (primary N) is 1. The number of ether oxygens (including phenoxy) is 1. The molecule has 1 radical (unpaired) electrons. The van der Waals surface area contributed by atoms with Crippen LogP contribution in [-0.4, -0.2) is 17.9 Å². The summed E-state index contributed by atoms with van der Waals surface area (Å²) >= 11 is 0. The van der Waals surface area contributed by atoms with Gasteiger partial charge in [-0.05, 0) is 32.4 Å². The second-order valence-corrected chi connectivity index (χ2v) is 4.74. The van der Waals surface area contributed by atoms with Crippen molar-refractivity contribution in [3.63, 3.8) is 0 Å². The Hall–Kier alpha value is -1.68. The van der Waals surface area contributed by atoms with Crippen LogP contribution in [0.4, 0.5) is 0 Å². The van der Waals surface area contributed by atoms with Gasteiger partial charge < -0.3 is 10.5 Å². The number of carbonyl (C=O) groups is 1. The minimum absolute atomic E-state index is 0.363. The van der Waals surface area contributed by atoms with Crippen molar-refractivity contribution in [3.05, 3.63) is 35.4 Å². The molecule has 17 heavy (non-hydrogen) atoms. The van der Waals surface area contributed by atoms with Gasteiger partial charge >= 0.3 is 5.97 Å². The van der Waals surface area contributed by atoms with Gasteiger partial charge in [0.25, 0.3) is 0 Å². The van der Waals surface area contributed by atoms with E-state index in [0.29, 0.717) is 11.1 Å². The quantitative estimate of drug-likeness (QED) is 0.804. The van der Waals surface area contributed by atoms with Gasteiger partial charge in [0, 0.05) is 5.56 Å². The Labute approximate surface area is 101 Å². The molecule has 0 spiro atoms. The maximum absolute atomic E-state index is 11.7. The van der Waals surface area contributed by atoms with Gasteiger partial charge in [0.05, 0.1) is 0 Å². The Balaban J connectivity index is 2.84. The summed E-state index contributed by atoms with van der Waals surface area (Å²) < 4.78 is 5.16. The summed E-state index contributed by atoms with van der Waals surface area (Å²) in [4.78, 5) is 22.2. The Morgan fingerprint density at radius 2 is 2.06 bits per heavy atom. The lowest BCUT2D eigenvalue weighted by molar-refractivity contribution is -0.156. The van der Waals surface area contributed by atoms with Crippen LogP contribution in [0.15, 0.2) is 24.3 Å². The second-order valence-electron chi connectivity index (χ2n) is 4.74. The van der Waals surface area contributed by atoms with Gasteiger partial charge in [-0.1, -0.05) is 18.2 Å². The zero-order chi connectivity index (χ0) is 13.1. The van der Waals surface area contributed by atoms with E-state index in [9.17, 15) is 9.59 Å². The Morgan fingerprint density at radius 1 is 1.41 bits per heavy atom. The maximum atomic E-state index is 11.7. The van der Waals surface area contributed by atoms with Crippen LogP contribution in [0, 0.1) is 0 Å². The van der Waals surface area contributed by atoms with E-state index in [0.717, 1.165) is 0 Å². The van der Waals surface area contributed by atoms with Crippen LogP contribution in [0.2, 0.25) is 0 Å². The molecular weight excluding hydrogens is 218 g/mol. The molecule has 4 nitrogen and oxygen atoms in total.